The number of thiophene rings is 1. The summed E-state index contributed by atoms with van der Waals surface area (Å²) >= 11 is 1.79. The predicted molar refractivity (Wildman–Crippen MR) is 97.7 cm³/mol. The summed E-state index contributed by atoms with van der Waals surface area (Å²) in [5.41, 5.74) is 1.71. The first kappa shape index (κ1) is 14.8. The van der Waals surface area contributed by atoms with Crippen molar-refractivity contribution in [1.29, 1.82) is 0 Å². The third-order valence-electron chi connectivity index (χ3n) is 5.38. The first-order valence-electron chi connectivity index (χ1n) is 8.65. The molecule has 1 aliphatic heterocycles. The van der Waals surface area contributed by atoms with Crippen LogP contribution in [0.25, 0.3) is 11.4 Å². The Hall–Kier alpha value is -2.47. The lowest BCUT2D eigenvalue weighted by Crippen LogP contribution is -2.38. The topological polar surface area (TPSA) is 59.8 Å². The second-order valence-corrected chi connectivity index (χ2v) is 7.70. The van der Waals surface area contributed by atoms with E-state index in [4.69, 9.17) is 0 Å². The summed E-state index contributed by atoms with van der Waals surface area (Å²) in [5, 5.41) is 14.3. The van der Waals surface area contributed by atoms with Crippen LogP contribution in [0.2, 0.25) is 0 Å². The van der Waals surface area contributed by atoms with E-state index < -0.39 is 0 Å². The molecule has 0 bridgehead atoms. The fourth-order valence-corrected chi connectivity index (χ4v) is 4.92. The predicted octanol–water partition coefficient (Wildman–Crippen LogP) is 3.82. The molecule has 5 nitrogen and oxygen atoms in total. The zero-order valence-corrected chi connectivity index (χ0v) is 14.6. The largest absolute Gasteiger partial charge is 0.325 e. The first-order valence-corrected chi connectivity index (χ1v) is 9.53. The Labute approximate surface area is 149 Å². The maximum atomic E-state index is 12.2. The number of nitrogens with one attached hydrogen (secondary N) is 1. The number of amides is 1. The number of hydrogen-bond donors (Lipinski definition) is 1. The molecule has 1 N–H and O–H groups in total. The van der Waals surface area contributed by atoms with E-state index in [1.165, 1.54) is 11.3 Å². The molecule has 0 saturated heterocycles. The molecule has 1 fully saturated rings. The Bertz CT molecular complexity index is 940. The average molecular weight is 350 g/mol. The molecule has 0 radical (unpaired) electrons. The molecule has 0 atom stereocenters. The minimum Gasteiger partial charge on any atom is -0.325 e. The number of anilines is 1. The van der Waals surface area contributed by atoms with Crippen LogP contribution < -0.4 is 5.32 Å². The fourth-order valence-electron chi connectivity index (χ4n) is 3.94. The van der Waals surface area contributed by atoms with E-state index in [-0.39, 0.29) is 11.3 Å². The van der Waals surface area contributed by atoms with Gasteiger partial charge in [-0.15, -0.1) is 21.5 Å². The molecule has 0 unspecified atom stereocenters. The molecule has 1 amide bonds. The van der Waals surface area contributed by atoms with Crippen LogP contribution in [0.15, 0.2) is 41.8 Å². The van der Waals surface area contributed by atoms with Gasteiger partial charge in [-0.05, 0) is 36.4 Å². The molecule has 3 heterocycles. The van der Waals surface area contributed by atoms with E-state index >= 15 is 0 Å². The van der Waals surface area contributed by atoms with Gasteiger partial charge < -0.3 is 9.88 Å². The lowest BCUT2D eigenvalue weighted by Gasteiger charge is -2.40. The highest BCUT2D eigenvalue weighted by molar-refractivity contribution is 7.10. The maximum Gasteiger partial charge on any atom is 0.226 e. The number of nitrogens with zero attached hydrogens (tertiary/aromatic N) is 3. The lowest BCUT2D eigenvalue weighted by molar-refractivity contribution is -0.116. The van der Waals surface area contributed by atoms with Crippen LogP contribution in [-0.2, 0) is 16.8 Å². The fraction of sp³-hybridized carbons (Fsp3) is 0.316. The molecule has 5 rings (SSSR count). The first-order chi connectivity index (χ1) is 12.3. The molecule has 1 aromatic carbocycles. The highest BCUT2D eigenvalue weighted by atomic mass is 32.1. The van der Waals surface area contributed by atoms with Crippen molar-refractivity contribution < 1.29 is 4.79 Å². The number of carbonyl (C=O) groups excluding carboxylic acids is 1. The van der Waals surface area contributed by atoms with Crippen molar-refractivity contribution >= 4 is 22.9 Å². The van der Waals surface area contributed by atoms with E-state index in [9.17, 15) is 4.79 Å². The highest BCUT2D eigenvalue weighted by Gasteiger charge is 2.46. The number of fused-ring (bicyclic) bond motifs is 3. The highest BCUT2D eigenvalue weighted by Crippen LogP contribution is 2.50. The van der Waals surface area contributed by atoms with Gasteiger partial charge >= 0.3 is 0 Å². The van der Waals surface area contributed by atoms with Crippen molar-refractivity contribution in [3.05, 3.63) is 52.5 Å². The van der Waals surface area contributed by atoms with Gasteiger partial charge in [0.15, 0.2) is 5.82 Å². The van der Waals surface area contributed by atoms with Gasteiger partial charge in [-0.1, -0.05) is 24.6 Å². The Kier molecular flexibility index (Phi) is 3.28. The molecular formula is C19H18N4OS. The number of hydrogen-bond acceptors (Lipinski definition) is 4. The van der Waals surface area contributed by atoms with Crippen LogP contribution in [0.3, 0.4) is 0 Å². The Morgan fingerprint density at radius 1 is 1.12 bits per heavy atom. The second kappa shape index (κ2) is 5.52. The van der Waals surface area contributed by atoms with Crippen LogP contribution in [0, 0.1) is 0 Å². The van der Waals surface area contributed by atoms with E-state index in [2.05, 4.69) is 37.6 Å². The van der Waals surface area contributed by atoms with Crippen molar-refractivity contribution in [2.24, 2.45) is 0 Å². The Morgan fingerprint density at radius 3 is 2.76 bits per heavy atom. The summed E-state index contributed by atoms with van der Waals surface area (Å²) in [4.78, 5) is 13.6. The van der Waals surface area contributed by atoms with Crippen molar-refractivity contribution in [1.82, 2.24) is 14.8 Å². The van der Waals surface area contributed by atoms with Gasteiger partial charge in [0.1, 0.15) is 5.82 Å². The number of rotatable bonds is 2. The minimum absolute atomic E-state index is 0.0377. The molecule has 2 aromatic heterocycles. The smallest absolute Gasteiger partial charge is 0.226 e. The number of aromatic nitrogens is 3. The van der Waals surface area contributed by atoms with Crippen molar-refractivity contribution in [2.45, 2.75) is 37.6 Å². The van der Waals surface area contributed by atoms with E-state index in [1.54, 1.807) is 11.3 Å². The molecule has 1 aliphatic carbocycles. The van der Waals surface area contributed by atoms with Crippen LogP contribution in [0.1, 0.15) is 36.4 Å². The summed E-state index contributed by atoms with van der Waals surface area (Å²) in [6, 6.07) is 12.1. The standard InChI is InChI=1S/C19H18N4OS/c24-16-8-11-23-17(13-5-1-2-6-14(13)20-16)21-22-18(23)19(9-4-10-19)15-7-3-12-25-15/h1-3,5-7,12H,4,8-11H2,(H,20,24). The Balaban J connectivity index is 1.71. The van der Waals surface area contributed by atoms with Crippen molar-refractivity contribution in [3.63, 3.8) is 0 Å². The van der Waals surface area contributed by atoms with Gasteiger partial charge in [-0.2, -0.15) is 0 Å². The quantitative estimate of drug-likeness (QED) is 0.764. The van der Waals surface area contributed by atoms with E-state index in [0.29, 0.717) is 13.0 Å². The van der Waals surface area contributed by atoms with E-state index in [1.807, 2.05) is 24.3 Å². The molecule has 2 aliphatic rings. The van der Waals surface area contributed by atoms with Gasteiger partial charge in [0.05, 0.1) is 11.1 Å². The van der Waals surface area contributed by atoms with Gasteiger partial charge in [-0.3, -0.25) is 4.79 Å². The molecule has 126 valence electrons. The van der Waals surface area contributed by atoms with Gasteiger partial charge in [-0.25, -0.2) is 0 Å². The maximum absolute atomic E-state index is 12.2. The summed E-state index contributed by atoms with van der Waals surface area (Å²) in [6.07, 6.45) is 3.84. The summed E-state index contributed by atoms with van der Waals surface area (Å²) in [7, 11) is 0. The van der Waals surface area contributed by atoms with Crippen molar-refractivity contribution in [3.8, 4) is 11.4 Å². The summed E-state index contributed by atoms with van der Waals surface area (Å²) < 4.78 is 2.18. The lowest BCUT2D eigenvalue weighted by atomic mass is 9.67. The molecule has 6 heteroatoms. The number of para-hydroxylation sites is 1. The summed E-state index contributed by atoms with van der Waals surface area (Å²) in [5.74, 6) is 1.91. The molecule has 0 spiro atoms. The van der Waals surface area contributed by atoms with Crippen LogP contribution in [0.4, 0.5) is 5.69 Å². The third kappa shape index (κ3) is 2.17. The van der Waals surface area contributed by atoms with Crippen LogP contribution in [0.5, 0.6) is 0 Å². The molecule has 3 aromatic rings. The van der Waals surface area contributed by atoms with Crippen molar-refractivity contribution in [2.75, 3.05) is 5.32 Å². The Morgan fingerprint density at radius 2 is 2.00 bits per heavy atom. The summed E-state index contributed by atoms with van der Waals surface area (Å²) in [6.45, 7) is 0.616. The normalized spacial score (nSPS) is 18.3. The SMILES string of the molecule is O=C1CCn2c(nnc2C2(c3cccs3)CCC2)-c2ccccc2N1. The van der Waals surface area contributed by atoms with Gasteiger partial charge in [0, 0.05) is 23.4 Å². The van der Waals surface area contributed by atoms with Gasteiger partial charge in [0.25, 0.3) is 0 Å². The molecule has 1 saturated carbocycles. The average Bonchev–Trinajstić information content (AvgIpc) is 3.22. The number of benzene rings is 1. The molecule has 25 heavy (non-hydrogen) atoms. The second-order valence-electron chi connectivity index (χ2n) is 6.76. The monoisotopic (exact) mass is 350 g/mol. The van der Waals surface area contributed by atoms with Crippen LogP contribution >= 0.6 is 11.3 Å². The van der Waals surface area contributed by atoms with E-state index in [0.717, 1.165) is 35.7 Å². The van der Waals surface area contributed by atoms with Crippen LogP contribution in [-0.4, -0.2) is 20.7 Å². The zero-order chi connectivity index (χ0) is 16.9. The minimum atomic E-state index is -0.0377. The van der Waals surface area contributed by atoms with Gasteiger partial charge in [0.2, 0.25) is 5.91 Å². The molecular weight excluding hydrogens is 332 g/mol. The number of carbonyl (C=O) groups is 1. The third-order valence-corrected chi connectivity index (χ3v) is 6.46. The zero-order valence-electron chi connectivity index (χ0n) is 13.7.